The molecule has 126 valence electrons. The van der Waals surface area contributed by atoms with Crippen LogP contribution in [0.1, 0.15) is 30.2 Å². The van der Waals surface area contributed by atoms with Crippen LogP contribution in [0, 0.1) is 0 Å². The molecular weight excluding hydrogens is 308 g/mol. The molecule has 1 aromatic carbocycles. The number of ether oxygens (including phenoxy) is 1. The molecule has 0 unspecified atom stereocenters. The molecule has 24 heavy (non-hydrogen) atoms. The molecule has 0 atom stereocenters. The predicted octanol–water partition coefficient (Wildman–Crippen LogP) is 2.69. The summed E-state index contributed by atoms with van der Waals surface area (Å²) in [6, 6.07) is 10.8. The average Bonchev–Trinajstić information content (AvgIpc) is 3.07. The highest BCUT2D eigenvalue weighted by molar-refractivity contribution is 5.97. The molecule has 0 saturated heterocycles. The highest BCUT2D eigenvalue weighted by Gasteiger charge is 2.26. The largest absolute Gasteiger partial charge is 0.482 e. The van der Waals surface area contributed by atoms with Gasteiger partial charge in [0.2, 0.25) is 0 Å². The first-order chi connectivity index (χ1) is 11.6. The van der Waals surface area contributed by atoms with Crippen LogP contribution in [0.4, 0.5) is 5.69 Å². The highest BCUT2D eigenvalue weighted by atomic mass is 16.5. The van der Waals surface area contributed by atoms with Gasteiger partial charge >= 0.3 is 0 Å². The zero-order valence-corrected chi connectivity index (χ0v) is 13.8. The second-order valence-corrected chi connectivity index (χ2v) is 5.48. The van der Waals surface area contributed by atoms with Gasteiger partial charge in [-0.05, 0) is 38.1 Å². The van der Waals surface area contributed by atoms with Crippen LogP contribution in [0.5, 0.6) is 5.75 Å². The van der Waals surface area contributed by atoms with E-state index in [0.29, 0.717) is 36.0 Å². The van der Waals surface area contributed by atoms with Gasteiger partial charge in [0.15, 0.2) is 12.4 Å². The Morgan fingerprint density at radius 1 is 1.17 bits per heavy atom. The summed E-state index contributed by atoms with van der Waals surface area (Å²) < 4.78 is 11.1. The van der Waals surface area contributed by atoms with Gasteiger partial charge in [0.1, 0.15) is 11.5 Å². The fourth-order valence-electron chi connectivity index (χ4n) is 2.73. The lowest BCUT2D eigenvalue weighted by atomic mass is 10.2. The molecule has 0 bridgehead atoms. The van der Waals surface area contributed by atoms with Crippen LogP contribution in [0.15, 0.2) is 40.8 Å². The van der Waals surface area contributed by atoms with Crippen LogP contribution < -0.4 is 9.64 Å². The van der Waals surface area contributed by atoms with E-state index in [4.69, 9.17) is 9.15 Å². The number of fused-ring (bicyclic) bond motifs is 1. The summed E-state index contributed by atoms with van der Waals surface area (Å²) in [6.45, 7) is 5.37. The van der Waals surface area contributed by atoms with Gasteiger partial charge in [-0.3, -0.25) is 14.5 Å². The fraction of sp³-hybridized carbons (Fsp3) is 0.333. The maximum absolute atomic E-state index is 12.3. The van der Waals surface area contributed by atoms with Crippen LogP contribution >= 0.6 is 0 Å². The summed E-state index contributed by atoms with van der Waals surface area (Å²) in [4.78, 5) is 27.8. The lowest BCUT2D eigenvalue weighted by molar-refractivity contribution is -0.121. The molecule has 2 heterocycles. The first kappa shape index (κ1) is 16.1. The van der Waals surface area contributed by atoms with Gasteiger partial charge in [-0.1, -0.05) is 12.1 Å². The van der Waals surface area contributed by atoms with E-state index in [0.717, 1.165) is 0 Å². The van der Waals surface area contributed by atoms with Gasteiger partial charge in [0.05, 0.1) is 12.2 Å². The minimum atomic E-state index is -0.139. The maximum Gasteiger partial charge on any atom is 0.289 e. The van der Waals surface area contributed by atoms with Crippen molar-refractivity contribution < 1.29 is 18.7 Å². The lowest BCUT2D eigenvalue weighted by Gasteiger charge is -2.28. The summed E-state index contributed by atoms with van der Waals surface area (Å²) in [7, 11) is 0. The Bertz CT molecular complexity index is 749. The normalized spacial score (nSPS) is 13.4. The number of furan rings is 1. The van der Waals surface area contributed by atoms with Crippen molar-refractivity contribution in [2.75, 3.05) is 24.6 Å². The molecule has 2 amide bonds. The van der Waals surface area contributed by atoms with Crippen LogP contribution in [0.25, 0.3) is 0 Å². The van der Waals surface area contributed by atoms with Gasteiger partial charge in [-0.2, -0.15) is 0 Å². The number of carbonyl (C=O) groups excluding carboxylic acids is 2. The molecule has 0 aliphatic carbocycles. The van der Waals surface area contributed by atoms with Crippen molar-refractivity contribution >= 4 is 17.5 Å². The molecule has 1 aliphatic rings. The standard InChI is InChI=1S/C18H20N2O4/c1-3-19(4-2)18(22)16-10-9-13(24-16)11-20-14-7-5-6-8-15(14)23-12-17(20)21/h5-10H,3-4,11-12H2,1-2H3. The Morgan fingerprint density at radius 2 is 1.92 bits per heavy atom. The number of rotatable bonds is 5. The number of hydrogen-bond acceptors (Lipinski definition) is 4. The van der Waals surface area contributed by atoms with Crippen molar-refractivity contribution in [3.63, 3.8) is 0 Å². The third kappa shape index (κ3) is 2.99. The van der Waals surface area contributed by atoms with Gasteiger partial charge in [-0.25, -0.2) is 0 Å². The number of para-hydroxylation sites is 2. The van der Waals surface area contributed by atoms with Crippen molar-refractivity contribution in [1.29, 1.82) is 0 Å². The van der Waals surface area contributed by atoms with Crippen molar-refractivity contribution in [2.24, 2.45) is 0 Å². The summed E-state index contributed by atoms with van der Waals surface area (Å²) in [6.07, 6.45) is 0. The van der Waals surface area contributed by atoms with Gasteiger partial charge in [0.25, 0.3) is 11.8 Å². The van der Waals surface area contributed by atoms with Crippen LogP contribution in [-0.2, 0) is 11.3 Å². The summed E-state index contributed by atoms with van der Waals surface area (Å²) >= 11 is 0. The van der Waals surface area contributed by atoms with Gasteiger partial charge in [-0.15, -0.1) is 0 Å². The molecule has 0 radical (unpaired) electrons. The fourth-order valence-corrected chi connectivity index (χ4v) is 2.73. The number of carbonyl (C=O) groups is 2. The van der Waals surface area contributed by atoms with E-state index in [1.165, 1.54) is 0 Å². The number of nitrogens with zero attached hydrogens (tertiary/aromatic N) is 2. The topological polar surface area (TPSA) is 63.0 Å². The molecule has 6 heteroatoms. The molecule has 0 fully saturated rings. The Hall–Kier alpha value is -2.76. The van der Waals surface area contributed by atoms with Gasteiger partial charge < -0.3 is 14.1 Å². The van der Waals surface area contributed by atoms with E-state index in [9.17, 15) is 9.59 Å². The molecule has 0 spiro atoms. The van der Waals surface area contributed by atoms with Crippen LogP contribution in [-0.4, -0.2) is 36.4 Å². The van der Waals surface area contributed by atoms with E-state index in [1.54, 1.807) is 21.9 Å². The molecular formula is C18H20N2O4. The Labute approximate surface area is 140 Å². The second kappa shape index (κ2) is 6.78. The zero-order valence-electron chi connectivity index (χ0n) is 13.8. The van der Waals surface area contributed by atoms with E-state index in [-0.39, 0.29) is 25.0 Å². The van der Waals surface area contributed by atoms with Crippen molar-refractivity contribution in [3.05, 3.63) is 47.9 Å². The van der Waals surface area contributed by atoms with Gasteiger partial charge in [0, 0.05) is 13.1 Å². The molecule has 1 aliphatic heterocycles. The molecule has 0 N–H and O–H groups in total. The minimum absolute atomic E-state index is 0.00293. The third-order valence-electron chi connectivity index (χ3n) is 4.05. The SMILES string of the molecule is CCN(CC)C(=O)c1ccc(CN2C(=O)COc3ccccc32)o1. The van der Waals surface area contributed by atoms with Crippen molar-refractivity contribution in [2.45, 2.75) is 20.4 Å². The smallest absolute Gasteiger partial charge is 0.289 e. The number of amides is 2. The monoisotopic (exact) mass is 328 g/mol. The maximum atomic E-state index is 12.3. The van der Waals surface area contributed by atoms with E-state index in [1.807, 2.05) is 38.1 Å². The van der Waals surface area contributed by atoms with E-state index in [2.05, 4.69) is 0 Å². The summed E-state index contributed by atoms with van der Waals surface area (Å²) in [5.74, 6) is 1.25. The molecule has 0 saturated carbocycles. The van der Waals surface area contributed by atoms with E-state index >= 15 is 0 Å². The first-order valence-electron chi connectivity index (χ1n) is 8.04. The highest BCUT2D eigenvalue weighted by Crippen LogP contribution is 2.32. The Balaban J connectivity index is 1.80. The van der Waals surface area contributed by atoms with E-state index < -0.39 is 0 Å². The Morgan fingerprint density at radius 3 is 2.67 bits per heavy atom. The minimum Gasteiger partial charge on any atom is -0.482 e. The zero-order chi connectivity index (χ0) is 17.1. The quantitative estimate of drug-likeness (QED) is 0.846. The second-order valence-electron chi connectivity index (χ2n) is 5.48. The number of benzene rings is 1. The van der Waals surface area contributed by atoms with Crippen LogP contribution in [0.3, 0.4) is 0 Å². The number of anilines is 1. The van der Waals surface area contributed by atoms with Crippen molar-refractivity contribution in [1.82, 2.24) is 4.90 Å². The predicted molar refractivity (Wildman–Crippen MR) is 89.1 cm³/mol. The number of hydrogen-bond donors (Lipinski definition) is 0. The summed E-state index contributed by atoms with van der Waals surface area (Å²) in [5, 5.41) is 0. The molecule has 3 rings (SSSR count). The average molecular weight is 328 g/mol. The molecule has 1 aromatic heterocycles. The van der Waals surface area contributed by atoms with Crippen LogP contribution in [0.2, 0.25) is 0 Å². The Kier molecular flexibility index (Phi) is 4.55. The third-order valence-corrected chi connectivity index (χ3v) is 4.05. The lowest BCUT2D eigenvalue weighted by Crippen LogP contribution is -2.38. The molecule has 2 aromatic rings. The first-order valence-corrected chi connectivity index (χ1v) is 8.04. The molecule has 6 nitrogen and oxygen atoms in total. The van der Waals surface area contributed by atoms with Crippen molar-refractivity contribution in [3.8, 4) is 5.75 Å². The summed E-state index contributed by atoms with van der Waals surface area (Å²) in [5.41, 5.74) is 0.710.